The normalized spacial score (nSPS) is 22.5. The molecule has 29 heavy (non-hydrogen) atoms. The molecule has 0 saturated carbocycles. The fraction of sp³-hybridized carbons (Fsp3) is 0.786. The van der Waals surface area contributed by atoms with Gasteiger partial charge in [0, 0.05) is 0 Å². The molecule has 0 amide bonds. The van der Waals surface area contributed by atoms with Gasteiger partial charge in [0.05, 0.1) is 0 Å². The number of benzene rings is 1. The van der Waals surface area contributed by atoms with Gasteiger partial charge in [-0.2, -0.15) is 0 Å². The summed E-state index contributed by atoms with van der Waals surface area (Å²) in [6.45, 7) is 19.2. The van der Waals surface area contributed by atoms with Gasteiger partial charge in [-0.25, -0.2) is 0 Å². The Morgan fingerprint density at radius 1 is 0.552 bits per heavy atom. The standard InChI is InChI=1S/C28H45B/c1-9-25(10-2)18-27(13-5,14-6)22-20(25)17-21-23(24(22)29)28(15-7,16-8)19-26(21,11-3)12-4/h17H,9-16,18-19H2,1-8H3. The summed E-state index contributed by atoms with van der Waals surface area (Å²) in [5.41, 5.74) is 8.75. The molecule has 0 fully saturated rings. The highest BCUT2D eigenvalue weighted by atomic mass is 14.6. The zero-order valence-electron chi connectivity index (χ0n) is 20.7. The van der Waals surface area contributed by atoms with Gasteiger partial charge >= 0.3 is 0 Å². The minimum Gasteiger partial charge on any atom is -0.0887 e. The molecule has 2 aliphatic carbocycles. The Hall–Kier alpha value is -0.715. The quantitative estimate of drug-likeness (QED) is 0.401. The lowest BCUT2D eigenvalue weighted by molar-refractivity contribution is 0.279. The van der Waals surface area contributed by atoms with Crippen LogP contribution < -0.4 is 5.46 Å². The van der Waals surface area contributed by atoms with Gasteiger partial charge in [-0.1, -0.05) is 66.9 Å². The summed E-state index contributed by atoms with van der Waals surface area (Å²) in [7, 11) is 7.30. The third-order valence-electron chi connectivity index (χ3n) is 10.3. The summed E-state index contributed by atoms with van der Waals surface area (Å²) in [5.74, 6) is 0. The Bertz CT molecular complexity index is 680. The van der Waals surface area contributed by atoms with Crippen molar-refractivity contribution in [2.45, 2.75) is 141 Å². The SMILES string of the molecule is [B]c1c2c(cc3c1C(CC)(CC)CC3(CC)CC)C(CC)(CC)CC2(CC)CC. The third kappa shape index (κ3) is 2.78. The molecule has 2 aliphatic rings. The van der Waals surface area contributed by atoms with Gasteiger partial charge in [-0.15, -0.1) is 0 Å². The van der Waals surface area contributed by atoms with Crippen molar-refractivity contribution >= 4 is 13.3 Å². The maximum atomic E-state index is 7.30. The van der Waals surface area contributed by atoms with Gasteiger partial charge in [0.1, 0.15) is 7.85 Å². The maximum Gasteiger partial charge on any atom is 0.114 e. The minimum absolute atomic E-state index is 0.261. The molecule has 0 heterocycles. The van der Waals surface area contributed by atoms with E-state index >= 15 is 0 Å². The van der Waals surface area contributed by atoms with E-state index in [1.54, 1.807) is 22.3 Å². The van der Waals surface area contributed by atoms with Crippen LogP contribution in [0.2, 0.25) is 0 Å². The van der Waals surface area contributed by atoms with E-state index in [1.165, 1.54) is 69.7 Å². The Labute approximate surface area is 183 Å². The molecule has 1 aromatic carbocycles. The molecule has 0 bridgehead atoms. The summed E-state index contributed by atoms with van der Waals surface area (Å²) in [5, 5.41) is 0. The van der Waals surface area contributed by atoms with Gasteiger partial charge in [-0.3, -0.25) is 0 Å². The van der Waals surface area contributed by atoms with E-state index in [0.717, 1.165) is 0 Å². The van der Waals surface area contributed by atoms with Crippen molar-refractivity contribution in [2.75, 3.05) is 0 Å². The molecule has 0 N–H and O–H groups in total. The van der Waals surface area contributed by atoms with E-state index in [4.69, 9.17) is 7.85 Å². The molecule has 0 nitrogen and oxygen atoms in total. The first-order chi connectivity index (χ1) is 13.8. The zero-order valence-corrected chi connectivity index (χ0v) is 20.7. The molecule has 0 aromatic heterocycles. The lowest BCUT2D eigenvalue weighted by Crippen LogP contribution is -2.35. The van der Waals surface area contributed by atoms with E-state index in [1.807, 2.05) is 0 Å². The van der Waals surface area contributed by atoms with E-state index < -0.39 is 0 Å². The molecule has 0 aliphatic heterocycles. The smallest absolute Gasteiger partial charge is 0.0887 e. The van der Waals surface area contributed by atoms with Gasteiger partial charge in [-0.05, 0) is 108 Å². The molecule has 1 heteroatoms. The first kappa shape index (κ1) is 23.0. The molecule has 0 unspecified atom stereocenters. The topological polar surface area (TPSA) is 0 Å². The molecule has 0 spiro atoms. The summed E-state index contributed by atoms with van der Waals surface area (Å²) in [6, 6.07) is 2.71. The van der Waals surface area contributed by atoms with Crippen LogP contribution >= 0.6 is 0 Å². The highest BCUT2D eigenvalue weighted by Gasteiger charge is 2.55. The van der Waals surface area contributed by atoms with Crippen LogP contribution in [0.4, 0.5) is 0 Å². The molecule has 160 valence electrons. The number of rotatable bonds is 8. The van der Waals surface area contributed by atoms with Crippen LogP contribution in [-0.2, 0) is 21.7 Å². The van der Waals surface area contributed by atoms with Crippen LogP contribution in [0.25, 0.3) is 0 Å². The Morgan fingerprint density at radius 2 is 0.828 bits per heavy atom. The highest BCUT2D eigenvalue weighted by molar-refractivity contribution is 6.35. The average molecular weight is 392 g/mol. The fourth-order valence-electron chi connectivity index (χ4n) is 7.81. The van der Waals surface area contributed by atoms with Crippen molar-refractivity contribution in [3.05, 3.63) is 28.3 Å². The van der Waals surface area contributed by atoms with Crippen LogP contribution in [0.1, 0.15) is 142 Å². The summed E-state index contributed by atoms with van der Waals surface area (Å²) in [4.78, 5) is 0. The minimum atomic E-state index is 0.261. The Morgan fingerprint density at radius 3 is 1.07 bits per heavy atom. The van der Waals surface area contributed by atoms with E-state index in [2.05, 4.69) is 61.5 Å². The second kappa shape index (κ2) is 7.76. The van der Waals surface area contributed by atoms with Crippen molar-refractivity contribution in [2.24, 2.45) is 0 Å². The van der Waals surface area contributed by atoms with Crippen molar-refractivity contribution in [3.63, 3.8) is 0 Å². The predicted octanol–water partition coefficient (Wildman–Crippen LogP) is 7.52. The van der Waals surface area contributed by atoms with Gasteiger partial charge in [0.15, 0.2) is 0 Å². The Balaban J connectivity index is 2.46. The zero-order chi connectivity index (χ0) is 21.7. The first-order valence-corrected chi connectivity index (χ1v) is 12.8. The van der Waals surface area contributed by atoms with Crippen LogP contribution in [0.15, 0.2) is 6.07 Å². The largest absolute Gasteiger partial charge is 0.114 e. The van der Waals surface area contributed by atoms with Crippen LogP contribution in [0.5, 0.6) is 0 Å². The second-order valence-corrected chi connectivity index (χ2v) is 10.4. The molecule has 0 saturated heterocycles. The van der Waals surface area contributed by atoms with Gasteiger partial charge in [0.2, 0.25) is 0 Å². The molecular formula is C28H45B. The summed E-state index contributed by atoms with van der Waals surface area (Å²) >= 11 is 0. The monoisotopic (exact) mass is 392 g/mol. The average Bonchev–Trinajstić information content (AvgIpc) is 3.23. The highest BCUT2D eigenvalue weighted by Crippen LogP contribution is 2.61. The van der Waals surface area contributed by atoms with Crippen LogP contribution in [-0.4, -0.2) is 7.85 Å². The van der Waals surface area contributed by atoms with Crippen LogP contribution in [0.3, 0.4) is 0 Å². The lowest BCUT2D eigenvalue weighted by Gasteiger charge is -2.35. The first-order valence-electron chi connectivity index (χ1n) is 12.8. The number of hydrogen-bond donors (Lipinski definition) is 0. The molecule has 3 rings (SSSR count). The van der Waals surface area contributed by atoms with Gasteiger partial charge < -0.3 is 0 Å². The van der Waals surface area contributed by atoms with Crippen LogP contribution in [0, 0.1) is 0 Å². The molecule has 2 radical (unpaired) electrons. The number of hydrogen-bond acceptors (Lipinski definition) is 0. The molecular weight excluding hydrogens is 347 g/mol. The summed E-state index contributed by atoms with van der Waals surface area (Å²) < 4.78 is 0. The lowest BCUT2D eigenvalue weighted by atomic mass is 9.65. The maximum absolute atomic E-state index is 7.30. The van der Waals surface area contributed by atoms with Crippen molar-refractivity contribution in [3.8, 4) is 0 Å². The Kier molecular flexibility index (Phi) is 6.14. The van der Waals surface area contributed by atoms with Crippen molar-refractivity contribution < 1.29 is 0 Å². The van der Waals surface area contributed by atoms with E-state index in [0.29, 0.717) is 10.8 Å². The van der Waals surface area contributed by atoms with Gasteiger partial charge in [0.25, 0.3) is 0 Å². The fourth-order valence-corrected chi connectivity index (χ4v) is 7.81. The summed E-state index contributed by atoms with van der Waals surface area (Å²) in [6.07, 6.45) is 12.3. The van der Waals surface area contributed by atoms with Crippen molar-refractivity contribution in [1.29, 1.82) is 0 Å². The van der Waals surface area contributed by atoms with E-state index in [-0.39, 0.29) is 10.8 Å². The van der Waals surface area contributed by atoms with Crippen molar-refractivity contribution in [1.82, 2.24) is 0 Å². The number of fused-ring (bicyclic) bond motifs is 2. The predicted molar refractivity (Wildman–Crippen MR) is 130 cm³/mol. The molecule has 1 aromatic rings. The molecule has 0 atom stereocenters. The third-order valence-corrected chi connectivity index (χ3v) is 10.3. The van der Waals surface area contributed by atoms with E-state index in [9.17, 15) is 0 Å². The second-order valence-electron chi connectivity index (χ2n) is 10.4.